The van der Waals surface area contributed by atoms with Gasteiger partial charge in [0, 0.05) is 13.5 Å². The summed E-state index contributed by atoms with van der Waals surface area (Å²) in [7, 11) is 1.55. The molecule has 82 valence electrons. The molecule has 0 saturated carbocycles. The summed E-state index contributed by atoms with van der Waals surface area (Å²) in [6, 6.07) is 5.62. The van der Waals surface area contributed by atoms with Crippen LogP contribution >= 0.6 is 0 Å². The molecule has 0 saturated heterocycles. The van der Waals surface area contributed by atoms with E-state index >= 15 is 0 Å². The van der Waals surface area contributed by atoms with Crippen LogP contribution < -0.4 is 5.32 Å². The van der Waals surface area contributed by atoms with Crippen LogP contribution in [0.4, 0.5) is 4.39 Å². The van der Waals surface area contributed by atoms with E-state index in [1.807, 2.05) is 0 Å². The largest absolute Gasteiger partial charge is 0.388 e. The quantitative estimate of drug-likeness (QED) is 0.790. The van der Waals surface area contributed by atoms with Crippen molar-refractivity contribution in [1.82, 2.24) is 5.32 Å². The lowest BCUT2D eigenvalue weighted by molar-refractivity contribution is -0.121. The average molecular weight is 211 g/mol. The lowest BCUT2D eigenvalue weighted by Crippen LogP contribution is -2.18. The SMILES string of the molecule is CNC(=O)CCC(O)c1ccc(F)cc1. The van der Waals surface area contributed by atoms with E-state index in [1.54, 1.807) is 7.05 Å². The lowest BCUT2D eigenvalue weighted by Gasteiger charge is -2.09. The number of hydrogen-bond donors (Lipinski definition) is 2. The highest BCUT2D eigenvalue weighted by molar-refractivity contribution is 5.75. The number of aliphatic hydroxyl groups is 1. The van der Waals surface area contributed by atoms with Crippen LogP contribution in [0.1, 0.15) is 24.5 Å². The molecule has 0 aliphatic carbocycles. The van der Waals surface area contributed by atoms with Crippen molar-refractivity contribution in [3.8, 4) is 0 Å². The van der Waals surface area contributed by atoms with Crippen molar-refractivity contribution >= 4 is 5.91 Å². The molecular formula is C11H14FNO2. The zero-order valence-electron chi connectivity index (χ0n) is 8.53. The van der Waals surface area contributed by atoms with E-state index in [2.05, 4.69) is 5.32 Å². The first-order valence-corrected chi connectivity index (χ1v) is 4.77. The van der Waals surface area contributed by atoms with Crippen LogP contribution in [0.15, 0.2) is 24.3 Å². The molecule has 0 aliphatic heterocycles. The Morgan fingerprint density at radius 1 is 1.47 bits per heavy atom. The van der Waals surface area contributed by atoms with Gasteiger partial charge in [0.05, 0.1) is 6.10 Å². The molecule has 0 aromatic heterocycles. The molecule has 1 rings (SSSR count). The van der Waals surface area contributed by atoms with Gasteiger partial charge in [-0.3, -0.25) is 4.79 Å². The van der Waals surface area contributed by atoms with Crippen molar-refractivity contribution in [1.29, 1.82) is 0 Å². The number of nitrogens with one attached hydrogen (secondary N) is 1. The smallest absolute Gasteiger partial charge is 0.219 e. The molecule has 0 bridgehead atoms. The van der Waals surface area contributed by atoms with Crippen molar-refractivity contribution in [2.75, 3.05) is 7.05 Å². The third-order valence-electron chi connectivity index (χ3n) is 2.18. The van der Waals surface area contributed by atoms with Crippen molar-refractivity contribution in [3.63, 3.8) is 0 Å². The van der Waals surface area contributed by atoms with E-state index in [0.29, 0.717) is 12.0 Å². The molecule has 0 heterocycles. The molecule has 3 nitrogen and oxygen atoms in total. The van der Waals surface area contributed by atoms with Crippen molar-refractivity contribution in [2.45, 2.75) is 18.9 Å². The number of carbonyl (C=O) groups is 1. The monoisotopic (exact) mass is 211 g/mol. The Morgan fingerprint density at radius 3 is 2.60 bits per heavy atom. The normalized spacial score (nSPS) is 12.2. The molecule has 1 unspecified atom stereocenters. The fourth-order valence-corrected chi connectivity index (χ4v) is 1.24. The van der Waals surface area contributed by atoms with Gasteiger partial charge in [-0.25, -0.2) is 4.39 Å². The number of halogens is 1. The van der Waals surface area contributed by atoms with Gasteiger partial charge in [0.15, 0.2) is 0 Å². The fourth-order valence-electron chi connectivity index (χ4n) is 1.24. The van der Waals surface area contributed by atoms with Crippen molar-refractivity contribution in [2.24, 2.45) is 0 Å². The van der Waals surface area contributed by atoms with Gasteiger partial charge in [0.1, 0.15) is 5.82 Å². The van der Waals surface area contributed by atoms with Gasteiger partial charge in [-0.1, -0.05) is 12.1 Å². The summed E-state index contributed by atoms with van der Waals surface area (Å²) in [5, 5.41) is 12.1. The molecule has 1 amide bonds. The van der Waals surface area contributed by atoms with E-state index in [0.717, 1.165) is 0 Å². The molecule has 0 fully saturated rings. The van der Waals surface area contributed by atoms with Crippen molar-refractivity contribution < 1.29 is 14.3 Å². The van der Waals surface area contributed by atoms with Gasteiger partial charge in [-0.05, 0) is 24.1 Å². The topological polar surface area (TPSA) is 49.3 Å². The van der Waals surface area contributed by atoms with E-state index in [9.17, 15) is 14.3 Å². The van der Waals surface area contributed by atoms with Gasteiger partial charge in [-0.15, -0.1) is 0 Å². The van der Waals surface area contributed by atoms with Crippen molar-refractivity contribution in [3.05, 3.63) is 35.6 Å². The predicted octanol–water partition coefficient (Wildman–Crippen LogP) is 1.39. The van der Waals surface area contributed by atoms with Crippen LogP contribution in [0.5, 0.6) is 0 Å². The number of aliphatic hydroxyl groups excluding tert-OH is 1. The fraction of sp³-hybridized carbons (Fsp3) is 0.364. The van der Waals surface area contributed by atoms with E-state index < -0.39 is 6.10 Å². The Balaban J connectivity index is 2.50. The van der Waals surface area contributed by atoms with Crippen LogP contribution in [-0.4, -0.2) is 18.1 Å². The van der Waals surface area contributed by atoms with Gasteiger partial charge in [-0.2, -0.15) is 0 Å². The molecular weight excluding hydrogens is 197 g/mol. The predicted molar refractivity (Wildman–Crippen MR) is 54.7 cm³/mol. The van der Waals surface area contributed by atoms with E-state index in [1.165, 1.54) is 24.3 Å². The summed E-state index contributed by atoms with van der Waals surface area (Å²) in [6.07, 6.45) is -0.122. The molecule has 0 spiro atoms. The number of carbonyl (C=O) groups excluding carboxylic acids is 1. The van der Waals surface area contributed by atoms with Gasteiger partial charge >= 0.3 is 0 Å². The third-order valence-corrected chi connectivity index (χ3v) is 2.18. The van der Waals surface area contributed by atoms with E-state index in [-0.39, 0.29) is 18.1 Å². The minimum absolute atomic E-state index is 0.115. The molecule has 2 N–H and O–H groups in total. The second-order valence-corrected chi connectivity index (χ2v) is 3.28. The number of amides is 1. The van der Waals surface area contributed by atoms with Gasteiger partial charge < -0.3 is 10.4 Å². The first kappa shape index (κ1) is 11.7. The summed E-state index contributed by atoms with van der Waals surface area (Å²) >= 11 is 0. The maximum absolute atomic E-state index is 12.6. The molecule has 1 atom stereocenters. The first-order chi connectivity index (χ1) is 7.13. The Kier molecular flexibility index (Phi) is 4.24. The second-order valence-electron chi connectivity index (χ2n) is 3.28. The Morgan fingerprint density at radius 2 is 2.07 bits per heavy atom. The van der Waals surface area contributed by atoms with E-state index in [4.69, 9.17) is 0 Å². The second kappa shape index (κ2) is 5.46. The number of hydrogen-bond acceptors (Lipinski definition) is 2. The summed E-state index contributed by atoms with van der Waals surface area (Å²) in [6.45, 7) is 0. The Hall–Kier alpha value is -1.42. The number of benzene rings is 1. The molecule has 15 heavy (non-hydrogen) atoms. The molecule has 4 heteroatoms. The summed E-state index contributed by atoms with van der Waals surface area (Å²) in [5.41, 5.74) is 0.625. The minimum Gasteiger partial charge on any atom is -0.388 e. The molecule has 1 aromatic carbocycles. The summed E-state index contributed by atoms with van der Waals surface area (Å²) in [4.78, 5) is 10.9. The number of rotatable bonds is 4. The lowest BCUT2D eigenvalue weighted by atomic mass is 10.0. The van der Waals surface area contributed by atoms with Crippen LogP contribution in [0, 0.1) is 5.82 Å². The maximum atomic E-state index is 12.6. The minimum atomic E-state index is -0.720. The zero-order chi connectivity index (χ0) is 11.3. The maximum Gasteiger partial charge on any atom is 0.219 e. The van der Waals surface area contributed by atoms with Crippen LogP contribution in [0.3, 0.4) is 0 Å². The van der Waals surface area contributed by atoms with Crippen LogP contribution in [-0.2, 0) is 4.79 Å². The zero-order valence-corrected chi connectivity index (χ0v) is 8.53. The molecule has 1 aromatic rings. The standard InChI is InChI=1S/C11H14FNO2/c1-13-11(15)7-6-10(14)8-2-4-9(12)5-3-8/h2-5,10,14H,6-7H2,1H3,(H,13,15). The first-order valence-electron chi connectivity index (χ1n) is 4.77. The van der Waals surface area contributed by atoms with Gasteiger partial charge in [0.25, 0.3) is 0 Å². The van der Waals surface area contributed by atoms with Crippen LogP contribution in [0.25, 0.3) is 0 Å². The van der Waals surface area contributed by atoms with Crippen LogP contribution in [0.2, 0.25) is 0 Å². The third kappa shape index (κ3) is 3.67. The highest BCUT2D eigenvalue weighted by atomic mass is 19.1. The van der Waals surface area contributed by atoms with Gasteiger partial charge in [0.2, 0.25) is 5.91 Å². The molecule has 0 radical (unpaired) electrons. The summed E-state index contributed by atoms with van der Waals surface area (Å²) in [5.74, 6) is -0.451. The summed E-state index contributed by atoms with van der Waals surface area (Å²) < 4.78 is 12.6. The average Bonchev–Trinajstić information content (AvgIpc) is 2.26. The Bertz CT molecular complexity index is 324. The molecule has 0 aliphatic rings. The highest BCUT2D eigenvalue weighted by Gasteiger charge is 2.09. The Labute approximate surface area is 87.9 Å². The highest BCUT2D eigenvalue weighted by Crippen LogP contribution is 2.18.